The number of rotatable bonds is 3. The lowest BCUT2D eigenvalue weighted by Gasteiger charge is -2.19. The van der Waals surface area contributed by atoms with Crippen LogP contribution in [0.5, 0.6) is 0 Å². The Bertz CT molecular complexity index is 149. The van der Waals surface area contributed by atoms with E-state index in [1.807, 2.05) is 11.3 Å². The van der Waals surface area contributed by atoms with E-state index in [4.69, 9.17) is 10.8 Å². The maximum Gasteiger partial charge on any atom is 0.235 e. The van der Waals surface area contributed by atoms with Crippen molar-refractivity contribution in [2.75, 3.05) is 19.7 Å². The summed E-state index contributed by atoms with van der Waals surface area (Å²) in [6, 6.07) is -0.262. The summed E-state index contributed by atoms with van der Waals surface area (Å²) in [5.74, 6) is -0.323. The molecule has 3 N–H and O–H groups in total. The first kappa shape index (κ1) is 8.49. The SMILES string of the molecule is NC(=O)[C@@H]1[CH]CCN1CCO. The van der Waals surface area contributed by atoms with E-state index in [1.54, 1.807) is 0 Å². The van der Waals surface area contributed by atoms with E-state index in [2.05, 4.69) is 0 Å². The molecular weight excluding hydrogens is 144 g/mol. The van der Waals surface area contributed by atoms with Crippen LogP contribution in [0.25, 0.3) is 0 Å². The van der Waals surface area contributed by atoms with Crippen LogP contribution in [0, 0.1) is 6.42 Å². The number of amides is 1. The van der Waals surface area contributed by atoms with Crippen LogP contribution in [0.2, 0.25) is 0 Å². The van der Waals surface area contributed by atoms with Crippen LogP contribution in [-0.2, 0) is 4.79 Å². The summed E-state index contributed by atoms with van der Waals surface area (Å²) in [6.45, 7) is 1.44. The second kappa shape index (κ2) is 3.69. The smallest absolute Gasteiger partial charge is 0.235 e. The number of likely N-dealkylation sites (tertiary alicyclic amines) is 1. The number of nitrogens with two attached hydrogens (primary N) is 1. The predicted octanol–water partition coefficient (Wildman–Crippen LogP) is -1.26. The summed E-state index contributed by atoms with van der Waals surface area (Å²) in [4.78, 5) is 12.6. The van der Waals surface area contributed by atoms with Gasteiger partial charge in [-0.3, -0.25) is 9.69 Å². The van der Waals surface area contributed by atoms with Crippen molar-refractivity contribution < 1.29 is 9.90 Å². The lowest BCUT2D eigenvalue weighted by molar-refractivity contribution is -0.121. The van der Waals surface area contributed by atoms with Crippen molar-refractivity contribution in [3.05, 3.63) is 6.42 Å². The number of aliphatic hydroxyl groups is 1. The largest absolute Gasteiger partial charge is 0.395 e. The Morgan fingerprint density at radius 1 is 1.82 bits per heavy atom. The molecule has 1 atom stereocenters. The highest BCUT2D eigenvalue weighted by Crippen LogP contribution is 2.14. The second-order valence-electron chi connectivity index (χ2n) is 2.63. The fraction of sp³-hybridized carbons (Fsp3) is 0.714. The minimum Gasteiger partial charge on any atom is -0.395 e. The van der Waals surface area contributed by atoms with Gasteiger partial charge in [0, 0.05) is 6.54 Å². The summed E-state index contributed by atoms with van der Waals surface area (Å²) >= 11 is 0. The molecule has 1 radical (unpaired) electrons. The van der Waals surface area contributed by atoms with Crippen molar-refractivity contribution in [3.8, 4) is 0 Å². The molecular formula is C7H13N2O2. The first-order chi connectivity index (χ1) is 5.25. The first-order valence-electron chi connectivity index (χ1n) is 3.73. The Morgan fingerprint density at radius 3 is 3.09 bits per heavy atom. The van der Waals surface area contributed by atoms with Crippen LogP contribution in [0.4, 0.5) is 0 Å². The van der Waals surface area contributed by atoms with Gasteiger partial charge in [-0.2, -0.15) is 0 Å². The van der Waals surface area contributed by atoms with Gasteiger partial charge in [0.1, 0.15) is 0 Å². The Labute approximate surface area is 66.0 Å². The molecule has 1 rings (SSSR count). The number of carbonyl (C=O) groups excluding carboxylic acids is 1. The highest BCUT2D eigenvalue weighted by atomic mass is 16.3. The molecule has 0 unspecified atom stereocenters. The lowest BCUT2D eigenvalue weighted by atomic mass is 10.2. The van der Waals surface area contributed by atoms with Crippen molar-refractivity contribution in [1.82, 2.24) is 4.90 Å². The van der Waals surface area contributed by atoms with Gasteiger partial charge < -0.3 is 10.8 Å². The molecule has 0 aliphatic carbocycles. The standard InChI is InChI=1S/C7H13N2O2/c8-7(11)6-2-1-3-9(6)4-5-10/h2,6,10H,1,3-5H2,(H2,8,11)/t6-/m0/s1. The van der Waals surface area contributed by atoms with Crippen LogP contribution in [0.15, 0.2) is 0 Å². The summed E-state index contributed by atoms with van der Waals surface area (Å²) in [6.07, 6.45) is 2.77. The van der Waals surface area contributed by atoms with Crippen LogP contribution in [0.3, 0.4) is 0 Å². The monoisotopic (exact) mass is 157 g/mol. The fourth-order valence-electron chi connectivity index (χ4n) is 1.36. The molecule has 1 amide bonds. The molecule has 1 aliphatic heterocycles. The van der Waals surface area contributed by atoms with Gasteiger partial charge >= 0.3 is 0 Å². The van der Waals surface area contributed by atoms with E-state index < -0.39 is 0 Å². The maximum atomic E-state index is 10.8. The summed E-state index contributed by atoms with van der Waals surface area (Å²) < 4.78 is 0. The molecule has 4 heteroatoms. The van der Waals surface area contributed by atoms with Gasteiger partial charge in [-0.05, 0) is 19.4 Å². The zero-order valence-corrected chi connectivity index (χ0v) is 6.36. The summed E-state index contributed by atoms with van der Waals surface area (Å²) in [5, 5.41) is 8.62. The minimum absolute atomic E-state index is 0.0810. The van der Waals surface area contributed by atoms with E-state index in [1.165, 1.54) is 0 Å². The first-order valence-corrected chi connectivity index (χ1v) is 3.73. The topological polar surface area (TPSA) is 66.6 Å². The third-order valence-corrected chi connectivity index (χ3v) is 1.88. The van der Waals surface area contributed by atoms with E-state index in [9.17, 15) is 4.79 Å². The Hall–Kier alpha value is -0.610. The van der Waals surface area contributed by atoms with Crippen LogP contribution in [0.1, 0.15) is 6.42 Å². The molecule has 11 heavy (non-hydrogen) atoms. The van der Waals surface area contributed by atoms with Gasteiger partial charge in [-0.25, -0.2) is 0 Å². The lowest BCUT2D eigenvalue weighted by Crippen LogP contribution is -2.41. The number of primary amides is 1. The van der Waals surface area contributed by atoms with Crippen LogP contribution in [-0.4, -0.2) is 41.7 Å². The number of carbonyl (C=O) groups is 1. The van der Waals surface area contributed by atoms with Crippen molar-refractivity contribution in [2.45, 2.75) is 12.5 Å². The van der Waals surface area contributed by atoms with Gasteiger partial charge in [0.15, 0.2) is 0 Å². The van der Waals surface area contributed by atoms with Crippen LogP contribution >= 0.6 is 0 Å². The third-order valence-electron chi connectivity index (χ3n) is 1.88. The highest BCUT2D eigenvalue weighted by Gasteiger charge is 2.28. The van der Waals surface area contributed by atoms with E-state index in [0.29, 0.717) is 6.54 Å². The molecule has 0 saturated carbocycles. The Kier molecular flexibility index (Phi) is 2.84. The molecule has 0 aromatic rings. The molecule has 0 aromatic heterocycles. The molecule has 0 spiro atoms. The Morgan fingerprint density at radius 2 is 2.55 bits per heavy atom. The summed E-state index contributed by atoms with van der Waals surface area (Å²) in [5.41, 5.74) is 5.12. The zero-order chi connectivity index (χ0) is 8.27. The molecule has 0 aromatic carbocycles. The van der Waals surface area contributed by atoms with Crippen molar-refractivity contribution in [3.63, 3.8) is 0 Å². The van der Waals surface area contributed by atoms with Crippen LogP contribution < -0.4 is 5.73 Å². The van der Waals surface area contributed by atoms with Gasteiger partial charge in [0.2, 0.25) is 5.91 Å². The molecule has 4 nitrogen and oxygen atoms in total. The van der Waals surface area contributed by atoms with Gasteiger partial charge in [0.05, 0.1) is 12.6 Å². The molecule has 1 aliphatic rings. The quantitative estimate of drug-likeness (QED) is 0.537. The number of aliphatic hydroxyl groups excluding tert-OH is 1. The molecule has 0 bridgehead atoms. The minimum atomic E-state index is -0.323. The Balaban J connectivity index is 2.44. The predicted molar refractivity (Wildman–Crippen MR) is 40.6 cm³/mol. The summed E-state index contributed by atoms with van der Waals surface area (Å²) in [7, 11) is 0. The van der Waals surface area contributed by atoms with Crippen molar-refractivity contribution >= 4 is 5.91 Å². The number of nitrogens with zero attached hydrogens (tertiary/aromatic N) is 1. The van der Waals surface area contributed by atoms with Crippen molar-refractivity contribution in [1.29, 1.82) is 0 Å². The maximum absolute atomic E-state index is 10.8. The van der Waals surface area contributed by atoms with E-state index in [0.717, 1.165) is 13.0 Å². The molecule has 1 saturated heterocycles. The average molecular weight is 157 g/mol. The second-order valence-corrected chi connectivity index (χ2v) is 2.63. The van der Waals surface area contributed by atoms with Gasteiger partial charge in [-0.15, -0.1) is 0 Å². The van der Waals surface area contributed by atoms with E-state index >= 15 is 0 Å². The zero-order valence-electron chi connectivity index (χ0n) is 6.36. The average Bonchev–Trinajstić information content (AvgIpc) is 2.36. The number of hydrogen-bond donors (Lipinski definition) is 2. The highest BCUT2D eigenvalue weighted by molar-refractivity contribution is 5.81. The number of hydrogen-bond acceptors (Lipinski definition) is 3. The van der Waals surface area contributed by atoms with Crippen molar-refractivity contribution in [2.24, 2.45) is 5.73 Å². The van der Waals surface area contributed by atoms with Gasteiger partial charge in [-0.1, -0.05) is 0 Å². The number of β-amino-alcohol motifs (C(OH)–C–C–N with tert-alkyl or cyclic N) is 1. The van der Waals surface area contributed by atoms with E-state index in [-0.39, 0.29) is 18.6 Å². The molecule has 1 fully saturated rings. The molecule has 63 valence electrons. The van der Waals surface area contributed by atoms with Gasteiger partial charge in [0.25, 0.3) is 0 Å². The molecule has 1 heterocycles. The fourth-order valence-corrected chi connectivity index (χ4v) is 1.36. The normalized spacial score (nSPS) is 25.7. The third kappa shape index (κ3) is 1.91.